The maximum atomic E-state index is 10.4. The van der Waals surface area contributed by atoms with Crippen LogP contribution in [0.15, 0.2) is 24.3 Å². The predicted molar refractivity (Wildman–Crippen MR) is 106 cm³/mol. The Kier molecular flexibility index (Phi) is 14.4. The number of amides is 2. The van der Waals surface area contributed by atoms with Crippen LogP contribution in [0.5, 0.6) is 5.75 Å². The molecule has 0 aromatic heterocycles. The Bertz CT molecular complexity index is 723. The van der Waals surface area contributed by atoms with Gasteiger partial charge >= 0.3 is 17.9 Å². The lowest BCUT2D eigenvalue weighted by molar-refractivity contribution is -0.140. The number of carboxylic acids is 3. The second-order valence-corrected chi connectivity index (χ2v) is 6.05. The van der Waals surface area contributed by atoms with E-state index in [1.54, 1.807) is 12.1 Å². The molecular formula is C17H27N5O9. The Morgan fingerprint density at radius 3 is 1.23 bits per heavy atom. The van der Waals surface area contributed by atoms with Crippen molar-refractivity contribution in [2.24, 2.45) is 28.7 Å². The van der Waals surface area contributed by atoms with Gasteiger partial charge in [0.2, 0.25) is 11.8 Å². The third-order valence-electron chi connectivity index (χ3n) is 3.19. The van der Waals surface area contributed by atoms with E-state index in [9.17, 15) is 24.0 Å². The highest BCUT2D eigenvalue weighted by Gasteiger charge is 2.14. The first kappa shape index (κ1) is 29.5. The number of carbonyl (C=O) groups excluding carboxylic acids is 2. The molecule has 0 saturated carbocycles. The summed E-state index contributed by atoms with van der Waals surface area (Å²) < 4.78 is 0. The molecule has 0 spiro atoms. The number of nitrogens with two attached hydrogens (primary N) is 5. The Morgan fingerprint density at radius 1 is 0.677 bits per heavy atom. The third kappa shape index (κ3) is 16.9. The lowest BCUT2D eigenvalue weighted by Gasteiger charge is -2.05. The van der Waals surface area contributed by atoms with Crippen LogP contribution in [0.25, 0.3) is 0 Å². The maximum absolute atomic E-state index is 10.4. The fraction of sp³-hybridized carbons (Fsp3) is 0.353. The predicted octanol–water partition coefficient (Wildman–Crippen LogP) is -3.11. The van der Waals surface area contributed by atoms with Gasteiger partial charge in [-0.1, -0.05) is 12.1 Å². The minimum atomic E-state index is -1.21. The molecule has 0 fully saturated rings. The summed E-state index contributed by atoms with van der Waals surface area (Å²) in [6, 6.07) is 3.10. The number of aromatic hydroxyl groups is 1. The van der Waals surface area contributed by atoms with Crippen molar-refractivity contribution in [3.05, 3.63) is 29.8 Å². The highest BCUT2D eigenvalue weighted by atomic mass is 16.4. The second kappa shape index (κ2) is 15.1. The molecule has 0 bridgehead atoms. The van der Waals surface area contributed by atoms with Crippen molar-refractivity contribution in [2.75, 3.05) is 0 Å². The molecule has 0 heterocycles. The number of hydrogen-bond acceptors (Lipinski definition) is 9. The van der Waals surface area contributed by atoms with Gasteiger partial charge in [-0.25, -0.2) is 0 Å². The van der Waals surface area contributed by atoms with E-state index in [1.807, 2.05) is 0 Å². The molecule has 14 N–H and O–H groups in total. The minimum absolute atomic E-state index is 0.160. The normalized spacial score (nSPS) is 12.5. The molecule has 31 heavy (non-hydrogen) atoms. The maximum Gasteiger partial charge on any atom is 0.321 e. The van der Waals surface area contributed by atoms with E-state index in [2.05, 4.69) is 11.5 Å². The van der Waals surface area contributed by atoms with Crippen LogP contribution >= 0.6 is 0 Å². The fourth-order valence-corrected chi connectivity index (χ4v) is 1.58. The standard InChI is InChI=1S/C9H11NO3.2C4H8N2O3/c10-8(9(12)13)5-6-1-3-7(11)4-2-6;2*5-2(4(8)9)1-3(6)7/h1-4,8,11H,5,10H2,(H,12,13);2*2H,1,5H2,(H2,6,7)(H,8,9). The number of phenolic OH excluding ortho intramolecular Hbond substituents is 1. The summed E-state index contributed by atoms with van der Waals surface area (Å²) >= 11 is 0. The van der Waals surface area contributed by atoms with Gasteiger partial charge in [0.1, 0.15) is 23.9 Å². The molecule has 0 aliphatic heterocycles. The van der Waals surface area contributed by atoms with Crippen LogP contribution in [0, 0.1) is 0 Å². The van der Waals surface area contributed by atoms with Crippen LogP contribution in [0.1, 0.15) is 18.4 Å². The molecule has 0 saturated heterocycles. The van der Waals surface area contributed by atoms with E-state index in [1.165, 1.54) is 12.1 Å². The monoisotopic (exact) mass is 445 g/mol. The summed E-state index contributed by atoms with van der Waals surface area (Å²) in [5.74, 6) is -4.70. The van der Waals surface area contributed by atoms with Crippen LogP contribution < -0.4 is 28.7 Å². The van der Waals surface area contributed by atoms with Gasteiger partial charge in [0.05, 0.1) is 12.8 Å². The van der Waals surface area contributed by atoms with Gasteiger partial charge in [-0.3, -0.25) is 24.0 Å². The fourth-order valence-electron chi connectivity index (χ4n) is 1.58. The van der Waals surface area contributed by atoms with Crippen molar-refractivity contribution in [1.82, 2.24) is 0 Å². The largest absolute Gasteiger partial charge is 0.508 e. The smallest absolute Gasteiger partial charge is 0.321 e. The van der Waals surface area contributed by atoms with Gasteiger partial charge in [-0.15, -0.1) is 0 Å². The minimum Gasteiger partial charge on any atom is -0.508 e. The van der Waals surface area contributed by atoms with E-state index in [0.717, 1.165) is 5.56 Å². The highest BCUT2D eigenvalue weighted by Crippen LogP contribution is 2.10. The third-order valence-corrected chi connectivity index (χ3v) is 3.19. The molecule has 0 aliphatic rings. The van der Waals surface area contributed by atoms with E-state index in [0.29, 0.717) is 0 Å². The Balaban J connectivity index is 0. The molecule has 14 nitrogen and oxygen atoms in total. The van der Waals surface area contributed by atoms with Crippen molar-refractivity contribution in [3.8, 4) is 5.75 Å². The number of aliphatic carboxylic acids is 3. The lowest BCUT2D eigenvalue weighted by atomic mass is 10.1. The average Bonchev–Trinajstić information content (AvgIpc) is 2.63. The van der Waals surface area contributed by atoms with Crippen LogP contribution in [-0.2, 0) is 30.4 Å². The first-order valence-electron chi connectivity index (χ1n) is 8.47. The number of carboxylic acid groups (broad SMARTS) is 3. The van der Waals surface area contributed by atoms with E-state index >= 15 is 0 Å². The molecule has 1 rings (SSSR count). The van der Waals surface area contributed by atoms with Crippen LogP contribution in [-0.4, -0.2) is 68.3 Å². The van der Waals surface area contributed by atoms with Crippen molar-refractivity contribution in [2.45, 2.75) is 37.4 Å². The zero-order valence-corrected chi connectivity index (χ0v) is 16.4. The SMILES string of the molecule is NC(=O)CC(N)C(=O)O.NC(=O)CC(N)C(=O)O.NC(Cc1ccc(O)cc1)C(=O)O. The molecule has 14 heteroatoms. The summed E-state index contributed by atoms with van der Waals surface area (Å²) in [5.41, 5.74) is 25.3. The summed E-state index contributed by atoms with van der Waals surface area (Å²) in [4.78, 5) is 50.2. The molecule has 174 valence electrons. The zero-order valence-electron chi connectivity index (χ0n) is 16.4. The van der Waals surface area contributed by atoms with Gasteiger partial charge in [0.25, 0.3) is 0 Å². The summed E-state index contributed by atoms with van der Waals surface area (Å²) in [6.07, 6.45) is -0.347. The van der Waals surface area contributed by atoms with Gasteiger partial charge < -0.3 is 49.1 Å². The van der Waals surface area contributed by atoms with Crippen molar-refractivity contribution in [1.29, 1.82) is 0 Å². The molecule has 1 aromatic rings. The number of benzene rings is 1. The quantitative estimate of drug-likeness (QED) is 0.182. The highest BCUT2D eigenvalue weighted by molar-refractivity contribution is 5.83. The van der Waals surface area contributed by atoms with Crippen molar-refractivity contribution < 1.29 is 44.4 Å². The number of phenols is 1. The van der Waals surface area contributed by atoms with Crippen LogP contribution in [0.3, 0.4) is 0 Å². The first-order chi connectivity index (χ1) is 14.2. The summed E-state index contributed by atoms with van der Waals surface area (Å²) in [5, 5.41) is 33.7. The van der Waals surface area contributed by atoms with E-state index in [4.69, 9.17) is 37.6 Å². The molecule has 1 aromatic carbocycles. The van der Waals surface area contributed by atoms with Crippen molar-refractivity contribution >= 4 is 29.7 Å². The van der Waals surface area contributed by atoms with E-state index < -0.39 is 47.8 Å². The molecule has 2 amide bonds. The zero-order chi connectivity index (χ0) is 24.7. The van der Waals surface area contributed by atoms with Gasteiger partial charge in [-0.05, 0) is 24.1 Å². The summed E-state index contributed by atoms with van der Waals surface area (Å²) in [7, 11) is 0. The molecule has 3 atom stereocenters. The Hall–Kier alpha value is -3.75. The van der Waals surface area contributed by atoms with Gasteiger partial charge in [0.15, 0.2) is 0 Å². The van der Waals surface area contributed by atoms with Crippen molar-refractivity contribution in [3.63, 3.8) is 0 Å². The number of rotatable bonds is 9. The number of hydrogen-bond donors (Lipinski definition) is 9. The van der Waals surface area contributed by atoms with Gasteiger partial charge in [0, 0.05) is 0 Å². The number of primary amides is 2. The lowest BCUT2D eigenvalue weighted by Crippen LogP contribution is -2.34. The average molecular weight is 445 g/mol. The van der Waals surface area contributed by atoms with Crippen LogP contribution in [0.4, 0.5) is 0 Å². The second-order valence-electron chi connectivity index (χ2n) is 6.05. The Labute approximate surface area is 176 Å². The van der Waals surface area contributed by atoms with Crippen LogP contribution in [0.2, 0.25) is 0 Å². The van der Waals surface area contributed by atoms with E-state index in [-0.39, 0.29) is 25.0 Å². The molecule has 0 aliphatic carbocycles. The number of carbonyl (C=O) groups is 5. The molecular weight excluding hydrogens is 418 g/mol. The Morgan fingerprint density at radius 2 is 1.00 bits per heavy atom. The molecule has 3 unspecified atom stereocenters. The topological polar surface area (TPSA) is 296 Å². The summed E-state index contributed by atoms with van der Waals surface area (Å²) in [6.45, 7) is 0. The van der Waals surface area contributed by atoms with Gasteiger partial charge in [-0.2, -0.15) is 0 Å². The first-order valence-corrected chi connectivity index (χ1v) is 8.47. The molecule has 0 radical (unpaired) electrons.